The van der Waals surface area contributed by atoms with Gasteiger partial charge >= 0.3 is 11.9 Å². The summed E-state index contributed by atoms with van der Waals surface area (Å²) >= 11 is 0. The molecule has 0 saturated carbocycles. The predicted octanol–water partition coefficient (Wildman–Crippen LogP) is 3.22. The zero-order chi connectivity index (χ0) is 19.3. The highest BCUT2D eigenvalue weighted by molar-refractivity contribution is 5.98. The number of rotatable bonds is 7. The summed E-state index contributed by atoms with van der Waals surface area (Å²) in [6.07, 6.45) is 0. The fraction of sp³-hybridized carbons (Fsp3) is 0.211. The van der Waals surface area contributed by atoms with E-state index in [2.05, 4.69) is 19.2 Å². The first-order chi connectivity index (χ1) is 12.3. The van der Waals surface area contributed by atoms with Gasteiger partial charge in [0.2, 0.25) is 0 Å². The van der Waals surface area contributed by atoms with Crippen molar-refractivity contribution in [2.24, 2.45) is 0 Å². The lowest BCUT2D eigenvalue weighted by atomic mass is 10.0. The Balaban J connectivity index is 2.03. The minimum Gasteiger partial charge on any atom is -0.484 e. The van der Waals surface area contributed by atoms with E-state index in [1.807, 2.05) is 12.1 Å². The number of carbonyl (C=O) groups is 3. The van der Waals surface area contributed by atoms with Gasteiger partial charge in [-0.2, -0.15) is 0 Å². The molecule has 0 radical (unpaired) electrons. The smallest absolute Gasteiger partial charge is 0.335 e. The SMILES string of the molecule is CC(C)c1ccc(OCC(=O)Nc2cc(C(=O)O)cc(C(=O)O)c2)cc1. The van der Waals surface area contributed by atoms with E-state index in [0.29, 0.717) is 11.7 Å². The zero-order valence-electron chi connectivity index (χ0n) is 14.4. The van der Waals surface area contributed by atoms with E-state index in [1.165, 1.54) is 12.1 Å². The third-order valence-electron chi connectivity index (χ3n) is 3.63. The van der Waals surface area contributed by atoms with Gasteiger partial charge in [-0.25, -0.2) is 9.59 Å². The Morgan fingerprint density at radius 2 is 1.50 bits per heavy atom. The molecule has 0 aliphatic rings. The molecule has 0 spiro atoms. The van der Waals surface area contributed by atoms with Crippen LogP contribution in [-0.2, 0) is 4.79 Å². The number of nitrogens with one attached hydrogen (secondary N) is 1. The van der Waals surface area contributed by atoms with Crippen molar-refractivity contribution in [2.45, 2.75) is 19.8 Å². The Morgan fingerprint density at radius 1 is 0.962 bits per heavy atom. The number of hydrogen-bond donors (Lipinski definition) is 3. The van der Waals surface area contributed by atoms with Crippen molar-refractivity contribution in [3.63, 3.8) is 0 Å². The molecular weight excluding hydrogens is 338 g/mol. The Morgan fingerprint density at radius 3 is 1.96 bits per heavy atom. The van der Waals surface area contributed by atoms with Crippen molar-refractivity contribution in [1.82, 2.24) is 0 Å². The van der Waals surface area contributed by atoms with Gasteiger partial charge in [-0.1, -0.05) is 26.0 Å². The van der Waals surface area contributed by atoms with Crippen molar-refractivity contribution in [3.05, 3.63) is 59.2 Å². The van der Waals surface area contributed by atoms with Crippen LogP contribution in [0.2, 0.25) is 0 Å². The summed E-state index contributed by atoms with van der Waals surface area (Å²) in [4.78, 5) is 34.1. The molecule has 2 aromatic rings. The van der Waals surface area contributed by atoms with E-state index in [4.69, 9.17) is 14.9 Å². The lowest BCUT2D eigenvalue weighted by Crippen LogP contribution is -2.20. The molecule has 0 aliphatic carbocycles. The third kappa shape index (κ3) is 5.07. The maximum Gasteiger partial charge on any atom is 0.335 e. The normalized spacial score (nSPS) is 10.4. The molecule has 3 N–H and O–H groups in total. The molecule has 1 amide bonds. The molecule has 136 valence electrons. The van der Waals surface area contributed by atoms with Crippen LogP contribution in [0.4, 0.5) is 5.69 Å². The van der Waals surface area contributed by atoms with Gasteiger partial charge in [0, 0.05) is 5.69 Å². The number of aromatic carboxylic acids is 2. The largest absolute Gasteiger partial charge is 0.484 e. The van der Waals surface area contributed by atoms with Gasteiger partial charge in [0.1, 0.15) is 5.75 Å². The Hall–Kier alpha value is -3.35. The molecule has 2 aromatic carbocycles. The number of carboxylic acid groups (broad SMARTS) is 2. The fourth-order valence-corrected chi connectivity index (χ4v) is 2.24. The molecule has 0 bridgehead atoms. The number of anilines is 1. The number of ether oxygens (including phenoxy) is 1. The van der Waals surface area contributed by atoms with Crippen LogP contribution in [0.25, 0.3) is 0 Å². The number of carboxylic acids is 2. The highest BCUT2D eigenvalue weighted by Crippen LogP contribution is 2.19. The number of amides is 1. The second-order valence-electron chi connectivity index (χ2n) is 5.97. The van der Waals surface area contributed by atoms with E-state index in [-0.39, 0.29) is 23.4 Å². The molecule has 0 heterocycles. The van der Waals surface area contributed by atoms with Gasteiger partial charge in [-0.3, -0.25) is 4.79 Å². The second-order valence-corrected chi connectivity index (χ2v) is 5.97. The molecule has 0 fully saturated rings. The van der Waals surface area contributed by atoms with Crippen LogP contribution >= 0.6 is 0 Å². The van der Waals surface area contributed by atoms with Crippen molar-refractivity contribution >= 4 is 23.5 Å². The average Bonchev–Trinajstić information content (AvgIpc) is 2.59. The Bertz CT molecular complexity index is 794. The summed E-state index contributed by atoms with van der Waals surface area (Å²) in [7, 11) is 0. The highest BCUT2D eigenvalue weighted by Gasteiger charge is 2.13. The van der Waals surface area contributed by atoms with Crippen LogP contribution in [0, 0.1) is 0 Å². The lowest BCUT2D eigenvalue weighted by molar-refractivity contribution is -0.118. The first-order valence-corrected chi connectivity index (χ1v) is 7.90. The summed E-state index contributed by atoms with van der Waals surface area (Å²) in [5.74, 6) is -2.20. The molecule has 7 nitrogen and oxygen atoms in total. The van der Waals surface area contributed by atoms with Crippen LogP contribution in [-0.4, -0.2) is 34.7 Å². The molecule has 26 heavy (non-hydrogen) atoms. The molecule has 0 unspecified atom stereocenters. The summed E-state index contributed by atoms with van der Waals surface area (Å²) in [5, 5.41) is 20.5. The van der Waals surface area contributed by atoms with E-state index < -0.39 is 17.8 Å². The van der Waals surface area contributed by atoms with Gasteiger partial charge < -0.3 is 20.3 Å². The average molecular weight is 357 g/mol. The van der Waals surface area contributed by atoms with Crippen molar-refractivity contribution < 1.29 is 29.3 Å². The quantitative estimate of drug-likeness (QED) is 0.701. The molecule has 0 aliphatic heterocycles. The Labute approximate surface area is 150 Å². The Kier molecular flexibility index (Phi) is 5.95. The maximum absolute atomic E-state index is 12.0. The maximum atomic E-state index is 12.0. The topological polar surface area (TPSA) is 113 Å². The van der Waals surface area contributed by atoms with Gasteiger partial charge in [0.05, 0.1) is 11.1 Å². The van der Waals surface area contributed by atoms with Gasteiger partial charge in [0.15, 0.2) is 6.61 Å². The lowest BCUT2D eigenvalue weighted by Gasteiger charge is -2.10. The molecule has 0 aromatic heterocycles. The van der Waals surface area contributed by atoms with Crippen LogP contribution in [0.3, 0.4) is 0 Å². The van der Waals surface area contributed by atoms with Crippen molar-refractivity contribution in [2.75, 3.05) is 11.9 Å². The van der Waals surface area contributed by atoms with E-state index in [1.54, 1.807) is 12.1 Å². The summed E-state index contributed by atoms with van der Waals surface area (Å²) in [6.45, 7) is 3.85. The first-order valence-electron chi connectivity index (χ1n) is 7.90. The van der Waals surface area contributed by atoms with E-state index >= 15 is 0 Å². The number of carbonyl (C=O) groups excluding carboxylic acids is 1. The predicted molar refractivity (Wildman–Crippen MR) is 95.0 cm³/mol. The molecular formula is C19H19NO6. The van der Waals surface area contributed by atoms with Crippen LogP contribution in [0.15, 0.2) is 42.5 Å². The highest BCUT2D eigenvalue weighted by atomic mass is 16.5. The molecule has 7 heteroatoms. The monoisotopic (exact) mass is 357 g/mol. The van der Waals surface area contributed by atoms with Gasteiger partial charge in [-0.05, 0) is 41.8 Å². The second kappa shape index (κ2) is 8.15. The van der Waals surface area contributed by atoms with E-state index in [9.17, 15) is 14.4 Å². The van der Waals surface area contributed by atoms with Gasteiger partial charge in [0.25, 0.3) is 5.91 Å². The van der Waals surface area contributed by atoms with Crippen molar-refractivity contribution in [1.29, 1.82) is 0 Å². The molecule has 0 saturated heterocycles. The summed E-state index contributed by atoms with van der Waals surface area (Å²) in [6, 6.07) is 10.7. The summed E-state index contributed by atoms with van der Waals surface area (Å²) in [5.41, 5.74) is 0.760. The molecule has 2 rings (SSSR count). The van der Waals surface area contributed by atoms with Gasteiger partial charge in [-0.15, -0.1) is 0 Å². The fourth-order valence-electron chi connectivity index (χ4n) is 2.24. The third-order valence-corrected chi connectivity index (χ3v) is 3.63. The van der Waals surface area contributed by atoms with Crippen molar-refractivity contribution in [3.8, 4) is 5.75 Å². The van der Waals surface area contributed by atoms with Crippen LogP contribution in [0.1, 0.15) is 46.0 Å². The molecule has 0 atom stereocenters. The minimum absolute atomic E-state index is 0.0751. The standard InChI is InChI=1S/C19H19NO6/c1-11(2)12-3-5-16(6-4-12)26-10-17(21)20-15-8-13(18(22)23)7-14(9-15)19(24)25/h3-9,11H,10H2,1-2H3,(H,20,21)(H,22,23)(H,24,25). The van der Waals surface area contributed by atoms with Crippen LogP contribution < -0.4 is 10.1 Å². The minimum atomic E-state index is -1.29. The van der Waals surface area contributed by atoms with Crippen LogP contribution in [0.5, 0.6) is 5.75 Å². The van der Waals surface area contributed by atoms with E-state index in [0.717, 1.165) is 11.6 Å². The summed E-state index contributed by atoms with van der Waals surface area (Å²) < 4.78 is 5.39. The zero-order valence-corrected chi connectivity index (χ0v) is 14.4. The number of benzene rings is 2. The number of hydrogen-bond acceptors (Lipinski definition) is 4. The first kappa shape index (κ1) is 19.0.